The third kappa shape index (κ3) is 7.38. The number of anilines is 1. The van der Waals surface area contributed by atoms with E-state index in [-0.39, 0.29) is 18.5 Å². The Hall–Kier alpha value is -3.27. The van der Waals surface area contributed by atoms with Gasteiger partial charge in [0.25, 0.3) is 0 Å². The van der Waals surface area contributed by atoms with Crippen LogP contribution in [-0.2, 0) is 26.2 Å². The molecule has 0 spiro atoms. The van der Waals surface area contributed by atoms with Crippen molar-refractivity contribution in [3.05, 3.63) is 54.1 Å². The second-order valence-electron chi connectivity index (χ2n) is 8.18. The Kier molecular flexibility index (Phi) is 9.31. The van der Waals surface area contributed by atoms with Gasteiger partial charge in [0.1, 0.15) is 24.1 Å². The van der Waals surface area contributed by atoms with Crippen LogP contribution < -0.4 is 19.1 Å². The Bertz CT molecular complexity index is 1090. The molecular formula is C24H33N3O6S. The first kappa shape index (κ1) is 27.0. The minimum Gasteiger partial charge on any atom is -0.497 e. The third-order valence-corrected chi connectivity index (χ3v) is 6.27. The second kappa shape index (κ2) is 11.7. The number of ether oxygens (including phenoxy) is 2. The summed E-state index contributed by atoms with van der Waals surface area (Å²) in [5.74, 6) is 0.319. The van der Waals surface area contributed by atoms with Crippen LogP contribution in [0, 0.1) is 0 Å². The van der Waals surface area contributed by atoms with Gasteiger partial charge in [-0.2, -0.15) is 0 Å². The Labute approximate surface area is 201 Å². The molecule has 0 heterocycles. The topological polar surface area (TPSA) is 105 Å². The lowest BCUT2D eigenvalue weighted by atomic mass is 10.1. The fourth-order valence-electron chi connectivity index (χ4n) is 3.32. The monoisotopic (exact) mass is 491 g/mol. The first-order valence-corrected chi connectivity index (χ1v) is 12.7. The maximum atomic E-state index is 13.5. The van der Waals surface area contributed by atoms with Crippen LogP contribution in [0.5, 0.6) is 11.5 Å². The van der Waals surface area contributed by atoms with E-state index < -0.39 is 28.5 Å². The molecule has 186 valence electrons. The summed E-state index contributed by atoms with van der Waals surface area (Å²) in [5, 5.41) is 2.81. The first-order valence-electron chi connectivity index (χ1n) is 10.8. The van der Waals surface area contributed by atoms with E-state index in [1.165, 1.54) is 12.0 Å². The van der Waals surface area contributed by atoms with Crippen LogP contribution in [0.2, 0.25) is 0 Å². The SMILES string of the molecule is COc1ccc(N(CC(=O)N(Cc2cccc(OC)c2)[C@H](C)C(=O)NC(C)C)S(C)(=O)=O)cc1. The maximum Gasteiger partial charge on any atom is 0.244 e. The van der Waals surface area contributed by atoms with Gasteiger partial charge in [0.15, 0.2) is 0 Å². The number of rotatable bonds is 11. The van der Waals surface area contributed by atoms with Crippen molar-refractivity contribution < 1.29 is 27.5 Å². The zero-order valence-electron chi connectivity index (χ0n) is 20.4. The summed E-state index contributed by atoms with van der Waals surface area (Å²) >= 11 is 0. The van der Waals surface area contributed by atoms with Gasteiger partial charge in [-0.25, -0.2) is 8.42 Å². The molecule has 0 radical (unpaired) electrons. The van der Waals surface area contributed by atoms with Gasteiger partial charge in [0.2, 0.25) is 21.8 Å². The number of methoxy groups -OCH3 is 2. The highest BCUT2D eigenvalue weighted by molar-refractivity contribution is 7.92. The molecule has 0 unspecified atom stereocenters. The molecule has 9 nitrogen and oxygen atoms in total. The van der Waals surface area contributed by atoms with E-state index in [9.17, 15) is 18.0 Å². The van der Waals surface area contributed by atoms with Gasteiger partial charge in [-0.15, -0.1) is 0 Å². The van der Waals surface area contributed by atoms with Crippen molar-refractivity contribution in [2.75, 3.05) is 31.3 Å². The molecule has 1 atom stereocenters. The summed E-state index contributed by atoms with van der Waals surface area (Å²) < 4.78 is 36.5. The number of benzene rings is 2. The van der Waals surface area contributed by atoms with Crippen LogP contribution in [0.4, 0.5) is 5.69 Å². The van der Waals surface area contributed by atoms with Crippen molar-refractivity contribution in [2.24, 2.45) is 0 Å². The molecule has 0 aliphatic carbocycles. The fraction of sp³-hybridized carbons (Fsp3) is 0.417. The number of nitrogens with one attached hydrogen (secondary N) is 1. The Morgan fingerprint density at radius 1 is 0.971 bits per heavy atom. The molecule has 0 aliphatic rings. The van der Waals surface area contributed by atoms with Crippen LogP contribution in [0.3, 0.4) is 0 Å². The van der Waals surface area contributed by atoms with E-state index in [0.29, 0.717) is 17.2 Å². The van der Waals surface area contributed by atoms with Gasteiger partial charge in [-0.05, 0) is 62.7 Å². The number of amides is 2. The largest absolute Gasteiger partial charge is 0.497 e. The molecule has 0 aliphatic heterocycles. The number of hydrogen-bond acceptors (Lipinski definition) is 6. The summed E-state index contributed by atoms with van der Waals surface area (Å²) in [5.41, 5.74) is 1.06. The van der Waals surface area contributed by atoms with Crippen molar-refractivity contribution in [3.63, 3.8) is 0 Å². The van der Waals surface area contributed by atoms with Gasteiger partial charge < -0.3 is 19.7 Å². The molecule has 10 heteroatoms. The zero-order chi connectivity index (χ0) is 25.5. The number of carbonyl (C=O) groups is 2. The molecule has 0 aromatic heterocycles. The normalized spacial score (nSPS) is 12.1. The Morgan fingerprint density at radius 3 is 2.12 bits per heavy atom. The zero-order valence-corrected chi connectivity index (χ0v) is 21.3. The van der Waals surface area contributed by atoms with Crippen molar-refractivity contribution >= 4 is 27.5 Å². The summed E-state index contributed by atoms with van der Waals surface area (Å²) in [4.78, 5) is 27.6. The number of hydrogen-bond donors (Lipinski definition) is 1. The molecule has 34 heavy (non-hydrogen) atoms. The highest BCUT2D eigenvalue weighted by atomic mass is 32.2. The lowest BCUT2D eigenvalue weighted by molar-refractivity contribution is -0.139. The fourth-order valence-corrected chi connectivity index (χ4v) is 4.17. The summed E-state index contributed by atoms with van der Waals surface area (Å²) in [6, 6.07) is 12.6. The number of nitrogens with zero attached hydrogens (tertiary/aromatic N) is 2. The second-order valence-corrected chi connectivity index (χ2v) is 10.1. The van der Waals surface area contributed by atoms with Crippen molar-refractivity contribution in [1.82, 2.24) is 10.2 Å². The standard InChI is InChI=1S/C24H33N3O6S/c1-17(2)25-24(29)18(3)26(15-19-8-7-9-22(14-19)33-5)23(28)16-27(34(6,30)31)20-10-12-21(32-4)13-11-20/h7-14,17-18H,15-16H2,1-6H3,(H,25,29)/t18-/m1/s1. The van der Waals surface area contributed by atoms with Crippen molar-refractivity contribution in [3.8, 4) is 11.5 Å². The molecule has 2 aromatic carbocycles. The molecule has 2 rings (SSSR count). The van der Waals surface area contributed by atoms with E-state index in [0.717, 1.165) is 16.1 Å². The highest BCUT2D eigenvalue weighted by Gasteiger charge is 2.30. The predicted octanol–water partition coefficient (Wildman–Crippen LogP) is 2.41. The maximum absolute atomic E-state index is 13.5. The van der Waals surface area contributed by atoms with Crippen molar-refractivity contribution in [1.29, 1.82) is 0 Å². The molecule has 1 N–H and O–H groups in total. The van der Waals surface area contributed by atoms with Crippen molar-refractivity contribution in [2.45, 2.75) is 39.4 Å². The lowest BCUT2D eigenvalue weighted by Crippen LogP contribution is -2.52. The summed E-state index contributed by atoms with van der Waals surface area (Å²) in [7, 11) is -0.742. The summed E-state index contributed by atoms with van der Waals surface area (Å²) in [6.45, 7) is 4.91. The van der Waals surface area contributed by atoms with E-state index in [1.807, 2.05) is 19.9 Å². The third-order valence-electron chi connectivity index (χ3n) is 5.12. The highest BCUT2D eigenvalue weighted by Crippen LogP contribution is 2.22. The smallest absolute Gasteiger partial charge is 0.244 e. The van der Waals surface area contributed by atoms with Crippen LogP contribution in [0.1, 0.15) is 26.3 Å². The quantitative estimate of drug-likeness (QED) is 0.518. The van der Waals surface area contributed by atoms with Gasteiger partial charge in [-0.1, -0.05) is 12.1 Å². The molecule has 0 bridgehead atoms. The molecule has 2 amide bonds. The molecule has 0 fully saturated rings. The number of sulfonamides is 1. The van der Waals surface area contributed by atoms with E-state index in [1.54, 1.807) is 56.5 Å². The Balaban J connectivity index is 2.39. The minimum absolute atomic E-state index is 0.100. The van der Waals surface area contributed by atoms with Gasteiger partial charge in [0, 0.05) is 12.6 Å². The van der Waals surface area contributed by atoms with Crippen LogP contribution in [0.15, 0.2) is 48.5 Å². The van der Waals surface area contributed by atoms with Gasteiger partial charge in [-0.3, -0.25) is 13.9 Å². The molecule has 0 saturated carbocycles. The van der Waals surface area contributed by atoms with Crippen LogP contribution in [0.25, 0.3) is 0 Å². The molecule has 2 aromatic rings. The van der Waals surface area contributed by atoms with Crippen LogP contribution >= 0.6 is 0 Å². The Morgan fingerprint density at radius 2 is 1.59 bits per heavy atom. The minimum atomic E-state index is -3.79. The van der Waals surface area contributed by atoms with Gasteiger partial charge in [0.05, 0.1) is 26.2 Å². The summed E-state index contributed by atoms with van der Waals surface area (Å²) in [6.07, 6.45) is 1.03. The average Bonchev–Trinajstić information content (AvgIpc) is 2.79. The van der Waals surface area contributed by atoms with E-state index >= 15 is 0 Å². The lowest BCUT2D eigenvalue weighted by Gasteiger charge is -2.32. The van der Waals surface area contributed by atoms with E-state index in [2.05, 4.69) is 5.32 Å². The molecule has 0 saturated heterocycles. The number of carbonyl (C=O) groups excluding carboxylic acids is 2. The first-order chi connectivity index (χ1) is 16.0. The average molecular weight is 492 g/mol. The molecular weight excluding hydrogens is 458 g/mol. The van der Waals surface area contributed by atoms with Gasteiger partial charge >= 0.3 is 0 Å². The van der Waals surface area contributed by atoms with Crippen LogP contribution in [-0.4, -0.2) is 64.2 Å². The van der Waals surface area contributed by atoms with E-state index in [4.69, 9.17) is 9.47 Å². The predicted molar refractivity (Wildman–Crippen MR) is 131 cm³/mol.